The van der Waals surface area contributed by atoms with Crippen molar-refractivity contribution in [1.29, 1.82) is 0 Å². The highest BCUT2D eigenvalue weighted by atomic mass is 16.5. The lowest BCUT2D eigenvalue weighted by Gasteiger charge is -2.42. The summed E-state index contributed by atoms with van der Waals surface area (Å²) in [5, 5.41) is 7.75. The largest absolute Gasteiger partial charge is 0.361 e. The van der Waals surface area contributed by atoms with Crippen LogP contribution in [-0.4, -0.2) is 11.2 Å². The Bertz CT molecular complexity index is 430. The number of aryl methyl sites for hydroxylation is 2. The summed E-state index contributed by atoms with van der Waals surface area (Å²) in [6, 6.07) is 0.976. The third-order valence-corrected chi connectivity index (χ3v) is 4.35. The molecule has 3 heteroatoms. The lowest BCUT2D eigenvalue weighted by Crippen LogP contribution is -2.48. The van der Waals surface area contributed by atoms with E-state index >= 15 is 0 Å². The summed E-state index contributed by atoms with van der Waals surface area (Å²) in [6.07, 6.45) is 7.30. The first-order valence-corrected chi connectivity index (χ1v) is 6.52. The van der Waals surface area contributed by atoms with Crippen molar-refractivity contribution in [1.82, 2.24) is 10.5 Å². The molecule has 1 saturated carbocycles. The van der Waals surface area contributed by atoms with E-state index in [1.165, 1.54) is 18.4 Å². The van der Waals surface area contributed by atoms with E-state index in [0.717, 1.165) is 23.3 Å². The molecular formula is C14H20N2O. The van der Waals surface area contributed by atoms with Crippen LogP contribution in [0.3, 0.4) is 0 Å². The van der Waals surface area contributed by atoms with Gasteiger partial charge in [0, 0.05) is 17.6 Å². The second-order valence-electron chi connectivity index (χ2n) is 5.47. The molecule has 2 aliphatic rings. The Labute approximate surface area is 102 Å². The highest BCUT2D eigenvalue weighted by molar-refractivity contribution is 5.25. The van der Waals surface area contributed by atoms with Gasteiger partial charge in [-0.3, -0.25) is 0 Å². The van der Waals surface area contributed by atoms with Crippen LogP contribution >= 0.6 is 0 Å². The fraction of sp³-hybridized carbons (Fsp3) is 0.643. The van der Waals surface area contributed by atoms with Crippen molar-refractivity contribution < 1.29 is 4.52 Å². The monoisotopic (exact) mass is 232 g/mol. The number of hydrogen-bond donors (Lipinski definition) is 1. The zero-order valence-corrected chi connectivity index (χ0v) is 10.7. The summed E-state index contributed by atoms with van der Waals surface area (Å²) >= 11 is 0. The van der Waals surface area contributed by atoms with E-state index in [-0.39, 0.29) is 0 Å². The Kier molecular flexibility index (Phi) is 2.58. The number of nitrogens with zero attached hydrogens (tertiary/aromatic N) is 1. The Balaban J connectivity index is 1.68. The summed E-state index contributed by atoms with van der Waals surface area (Å²) < 4.78 is 5.23. The third kappa shape index (κ3) is 1.73. The molecule has 0 aromatic carbocycles. The molecule has 1 aromatic heterocycles. The standard InChI is InChI=1S/C14H20N2O/c1-8(14-9(2)16-17-10(14)3)15-13-7-11-5-4-6-12(11)13/h4,6,8,11-13,15H,5,7H2,1-3H3. The second-order valence-corrected chi connectivity index (χ2v) is 5.47. The van der Waals surface area contributed by atoms with E-state index in [1.807, 2.05) is 13.8 Å². The quantitative estimate of drug-likeness (QED) is 0.814. The molecular weight excluding hydrogens is 212 g/mol. The maximum Gasteiger partial charge on any atom is 0.138 e. The second kappa shape index (κ2) is 3.98. The fourth-order valence-electron chi connectivity index (χ4n) is 3.42. The summed E-state index contributed by atoms with van der Waals surface area (Å²) in [5.41, 5.74) is 2.25. The predicted octanol–water partition coefficient (Wildman–Crippen LogP) is 2.91. The molecule has 0 radical (unpaired) electrons. The minimum absolute atomic E-state index is 0.334. The van der Waals surface area contributed by atoms with Gasteiger partial charge in [0.25, 0.3) is 0 Å². The zero-order valence-electron chi connectivity index (χ0n) is 10.7. The minimum Gasteiger partial charge on any atom is -0.361 e. The fourth-order valence-corrected chi connectivity index (χ4v) is 3.42. The van der Waals surface area contributed by atoms with Gasteiger partial charge in [0.05, 0.1) is 5.69 Å². The summed E-state index contributed by atoms with van der Waals surface area (Å²) in [5.74, 6) is 2.61. The summed E-state index contributed by atoms with van der Waals surface area (Å²) in [6.45, 7) is 6.22. The van der Waals surface area contributed by atoms with Gasteiger partial charge in [-0.25, -0.2) is 0 Å². The molecule has 4 unspecified atom stereocenters. The maximum atomic E-state index is 5.23. The molecule has 0 amide bonds. The first-order valence-electron chi connectivity index (χ1n) is 6.52. The third-order valence-electron chi connectivity index (χ3n) is 4.35. The molecule has 3 nitrogen and oxygen atoms in total. The molecule has 1 aromatic rings. The molecule has 0 saturated heterocycles. The smallest absolute Gasteiger partial charge is 0.138 e. The van der Waals surface area contributed by atoms with Crippen LogP contribution in [0.15, 0.2) is 16.7 Å². The number of hydrogen-bond acceptors (Lipinski definition) is 3. The van der Waals surface area contributed by atoms with Crippen molar-refractivity contribution in [2.75, 3.05) is 0 Å². The molecule has 4 atom stereocenters. The number of aromatic nitrogens is 1. The summed E-state index contributed by atoms with van der Waals surface area (Å²) in [7, 11) is 0. The van der Waals surface area contributed by atoms with Crippen molar-refractivity contribution >= 4 is 0 Å². The Hall–Kier alpha value is -1.09. The van der Waals surface area contributed by atoms with Crippen molar-refractivity contribution in [3.05, 3.63) is 29.2 Å². The SMILES string of the molecule is Cc1noc(C)c1C(C)NC1CC2CC=CC21. The van der Waals surface area contributed by atoms with Crippen LogP contribution in [0.1, 0.15) is 42.8 Å². The highest BCUT2D eigenvalue weighted by Gasteiger charge is 2.41. The van der Waals surface area contributed by atoms with E-state index < -0.39 is 0 Å². The number of rotatable bonds is 3. The molecule has 3 rings (SSSR count). The number of allylic oxidation sites excluding steroid dienone is 1. The van der Waals surface area contributed by atoms with Crippen molar-refractivity contribution in [3.63, 3.8) is 0 Å². The average molecular weight is 232 g/mol. The van der Waals surface area contributed by atoms with Crippen molar-refractivity contribution in [2.24, 2.45) is 11.8 Å². The van der Waals surface area contributed by atoms with E-state index in [0.29, 0.717) is 12.1 Å². The van der Waals surface area contributed by atoms with E-state index in [9.17, 15) is 0 Å². The van der Waals surface area contributed by atoms with Crippen LogP contribution in [0.4, 0.5) is 0 Å². The van der Waals surface area contributed by atoms with Crippen LogP contribution < -0.4 is 5.32 Å². The Morgan fingerprint density at radius 1 is 1.47 bits per heavy atom. The van der Waals surface area contributed by atoms with Crippen molar-refractivity contribution in [3.8, 4) is 0 Å². The first kappa shape index (κ1) is 11.0. The van der Waals surface area contributed by atoms with Crippen LogP contribution in [0.5, 0.6) is 0 Å². The van der Waals surface area contributed by atoms with E-state index in [1.54, 1.807) is 0 Å². The predicted molar refractivity (Wildman–Crippen MR) is 66.7 cm³/mol. The van der Waals surface area contributed by atoms with Gasteiger partial charge in [0.15, 0.2) is 0 Å². The molecule has 2 aliphatic carbocycles. The first-order chi connectivity index (χ1) is 8.16. The van der Waals surface area contributed by atoms with Gasteiger partial charge in [-0.2, -0.15) is 0 Å². The normalized spacial score (nSPS) is 32.3. The van der Waals surface area contributed by atoms with Gasteiger partial charge in [-0.1, -0.05) is 17.3 Å². The Morgan fingerprint density at radius 3 is 2.94 bits per heavy atom. The van der Waals surface area contributed by atoms with E-state index in [2.05, 4.69) is 29.5 Å². The molecule has 92 valence electrons. The van der Waals surface area contributed by atoms with Crippen molar-refractivity contribution in [2.45, 2.75) is 45.7 Å². The minimum atomic E-state index is 0.334. The molecule has 0 aliphatic heterocycles. The van der Waals surface area contributed by atoms with Crippen LogP contribution in [0, 0.1) is 25.7 Å². The number of fused-ring (bicyclic) bond motifs is 1. The lowest BCUT2D eigenvalue weighted by molar-refractivity contribution is 0.152. The topological polar surface area (TPSA) is 38.1 Å². The highest BCUT2D eigenvalue weighted by Crippen LogP contribution is 2.43. The maximum absolute atomic E-state index is 5.23. The zero-order chi connectivity index (χ0) is 12.0. The van der Waals surface area contributed by atoms with Gasteiger partial charge < -0.3 is 9.84 Å². The molecule has 1 fully saturated rings. The van der Waals surface area contributed by atoms with E-state index in [4.69, 9.17) is 4.52 Å². The average Bonchev–Trinajstić information content (AvgIpc) is 2.79. The molecule has 1 heterocycles. The van der Waals surface area contributed by atoms with Crippen LogP contribution in [0.25, 0.3) is 0 Å². The van der Waals surface area contributed by atoms with Gasteiger partial charge in [-0.15, -0.1) is 0 Å². The molecule has 0 spiro atoms. The van der Waals surface area contributed by atoms with Gasteiger partial charge in [-0.05, 0) is 45.4 Å². The van der Waals surface area contributed by atoms with Crippen LogP contribution in [-0.2, 0) is 0 Å². The molecule has 1 N–H and O–H groups in total. The summed E-state index contributed by atoms with van der Waals surface area (Å²) in [4.78, 5) is 0. The van der Waals surface area contributed by atoms with Gasteiger partial charge in [0.1, 0.15) is 5.76 Å². The Morgan fingerprint density at radius 2 is 2.29 bits per heavy atom. The lowest BCUT2D eigenvalue weighted by atomic mass is 9.71. The molecule has 17 heavy (non-hydrogen) atoms. The molecule has 0 bridgehead atoms. The van der Waals surface area contributed by atoms with Crippen LogP contribution in [0.2, 0.25) is 0 Å². The number of nitrogens with one attached hydrogen (secondary N) is 1. The van der Waals surface area contributed by atoms with Gasteiger partial charge in [0.2, 0.25) is 0 Å². The van der Waals surface area contributed by atoms with Gasteiger partial charge >= 0.3 is 0 Å².